The molecule has 1 saturated heterocycles. The molecule has 84 valence electrons. The van der Waals surface area contributed by atoms with E-state index in [0.29, 0.717) is 19.0 Å². The number of hydrogen-bond acceptors (Lipinski definition) is 4. The van der Waals surface area contributed by atoms with Gasteiger partial charge in [-0.05, 0) is 12.8 Å². The second kappa shape index (κ2) is 4.87. The SMILES string of the molecule is [B]c1noc(C2CCN(C(=O)CCl)CC2)n1. The van der Waals surface area contributed by atoms with Gasteiger partial charge in [0, 0.05) is 19.0 Å². The van der Waals surface area contributed by atoms with E-state index < -0.39 is 0 Å². The van der Waals surface area contributed by atoms with Crippen molar-refractivity contribution in [3.05, 3.63) is 5.89 Å². The van der Waals surface area contributed by atoms with Crippen molar-refractivity contribution in [3.63, 3.8) is 0 Å². The Morgan fingerprint density at radius 1 is 1.56 bits per heavy atom. The molecule has 1 aliphatic heterocycles. The van der Waals surface area contributed by atoms with Crippen molar-refractivity contribution >= 4 is 31.1 Å². The van der Waals surface area contributed by atoms with Crippen LogP contribution in [0.4, 0.5) is 0 Å². The minimum absolute atomic E-state index is 0.0230. The normalized spacial score (nSPS) is 17.7. The lowest BCUT2D eigenvalue weighted by Gasteiger charge is -2.29. The number of piperidine rings is 1. The van der Waals surface area contributed by atoms with Crippen molar-refractivity contribution in [1.82, 2.24) is 15.0 Å². The van der Waals surface area contributed by atoms with Crippen LogP contribution in [0, 0.1) is 0 Å². The minimum atomic E-state index is -0.0230. The zero-order valence-corrected chi connectivity index (χ0v) is 9.48. The number of carbonyl (C=O) groups excluding carboxylic acids is 1. The molecule has 1 fully saturated rings. The number of carbonyl (C=O) groups is 1. The fraction of sp³-hybridized carbons (Fsp3) is 0.667. The predicted molar refractivity (Wildman–Crippen MR) is 59.0 cm³/mol. The zero-order chi connectivity index (χ0) is 11.5. The van der Waals surface area contributed by atoms with E-state index in [1.165, 1.54) is 0 Å². The van der Waals surface area contributed by atoms with E-state index in [1.807, 2.05) is 0 Å². The van der Waals surface area contributed by atoms with E-state index in [9.17, 15) is 4.79 Å². The number of alkyl halides is 1. The number of hydrogen-bond donors (Lipinski definition) is 0. The highest BCUT2D eigenvalue weighted by atomic mass is 35.5. The Hall–Kier alpha value is -1.04. The molecule has 1 aromatic rings. The standard InChI is InChI=1S/C9H11BClN3O2/c10-9-12-8(16-13-9)6-1-3-14(4-2-6)7(15)5-11/h6H,1-5H2. The van der Waals surface area contributed by atoms with Crippen LogP contribution in [-0.2, 0) is 4.79 Å². The van der Waals surface area contributed by atoms with Gasteiger partial charge >= 0.3 is 0 Å². The van der Waals surface area contributed by atoms with Crippen LogP contribution in [0.5, 0.6) is 0 Å². The summed E-state index contributed by atoms with van der Waals surface area (Å²) in [5, 5.41) is 3.55. The maximum absolute atomic E-state index is 11.3. The molecule has 7 heteroatoms. The summed E-state index contributed by atoms with van der Waals surface area (Å²) < 4.78 is 5.01. The summed E-state index contributed by atoms with van der Waals surface area (Å²) >= 11 is 5.49. The number of nitrogens with zero attached hydrogens (tertiary/aromatic N) is 3. The summed E-state index contributed by atoms with van der Waals surface area (Å²) in [6.07, 6.45) is 1.62. The fourth-order valence-electron chi connectivity index (χ4n) is 1.87. The molecular weight excluding hydrogens is 228 g/mol. The van der Waals surface area contributed by atoms with E-state index in [1.54, 1.807) is 4.90 Å². The van der Waals surface area contributed by atoms with Gasteiger partial charge in [-0.25, -0.2) is 4.98 Å². The summed E-state index contributed by atoms with van der Waals surface area (Å²) in [6.45, 7) is 1.36. The van der Waals surface area contributed by atoms with Gasteiger partial charge in [0.2, 0.25) is 11.8 Å². The Bertz CT molecular complexity index is 377. The summed E-state index contributed by atoms with van der Waals surface area (Å²) in [5.41, 5.74) is 0.161. The predicted octanol–water partition coefficient (Wildman–Crippen LogP) is -0.192. The number of halogens is 1. The number of rotatable bonds is 2. The van der Waals surface area contributed by atoms with Gasteiger partial charge in [-0.2, -0.15) is 0 Å². The molecule has 0 saturated carbocycles. The average molecular weight is 239 g/mol. The lowest BCUT2D eigenvalue weighted by atomic mass is 9.96. The maximum atomic E-state index is 11.3. The van der Waals surface area contributed by atoms with Crippen molar-refractivity contribution < 1.29 is 9.32 Å². The van der Waals surface area contributed by atoms with Crippen molar-refractivity contribution in [2.24, 2.45) is 0 Å². The zero-order valence-electron chi connectivity index (χ0n) is 8.73. The first kappa shape index (κ1) is 11.5. The van der Waals surface area contributed by atoms with Crippen LogP contribution in [0.25, 0.3) is 0 Å². The van der Waals surface area contributed by atoms with Crippen LogP contribution in [-0.4, -0.2) is 47.8 Å². The second-order valence-electron chi connectivity index (χ2n) is 3.78. The molecule has 0 aliphatic carbocycles. The van der Waals surface area contributed by atoms with E-state index in [-0.39, 0.29) is 23.4 Å². The Kier molecular flexibility index (Phi) is 3.48. The third-order valence-corrected chi connectivity index (χ3v) is 3.00. The molecule has 2 radical (unpaired) electrons. The van der Waals surface area contributed by atoms with Gasteiger partial charge < -0.3 is 9.42 Å². The first-order valence-electron chi connectivity index (χ1n) is 5.13. The number of aromatic nitrogens is 2. The van der Waals surface area contributed by atoms with Crippen LogP contribution < -0.4 is 5.72 Å². The first-order chi connectivity index (χ1) is 7.70. The molecule has 1 amide bonds. The van der Waals surface area contributed by atoms with Crippen molar-refractivity contribution in [3.8, 4) is 0 Å². The smallest absolute Gasteiger partial charge is 0.237 e. The molecule has 16 heavy (non-hydrogen) atoms. The molecule has 0 aromatic carbocycles. The second-order valence-corrected chi connectivity index (χ2v) is 4.05. The van der Waals surface area contributed by atoms with E-state index in [0.717, 1.165) is 12.8 Å². The molecule has 0 N–H and O–H groups in total. The molecule has 1 aromatic heterocycles. The monoisotopic (exact) mass is 239 g/mol. The van der Waals surface area contributed by atoms with Crippen LogP contribution in [0.1, 0.15) is 24.7 Å². The van der Waals surface area contributed by atoms with Gasteiger partial charge in [0.05, 0.1) is 0 Å². The quantitative estimate of drug-likeness (QED) is 0.530. The molecule has 1 aliphatic rings. The van der Waals surface area contributed by atoms with Crippen molar-refractivity contribution in [1.29, 1.82) is 0 Å². The van der Waals surface area contributed by atoms with Gasteiger partial charge in [0.25, 0.3) is 0 Å². The van der Waals surface area contributed by atoms with E-state index >= 15 is 0 Å². The molecule has 5 nitrogen and oxygen atoms in total. The molecule has 0 bridgehead atoms. The molecular formula is C9H11BClN3O2. The van der Waals surface area contributed by atoms with Crippen LogP contribution in [0.3, 0.4) is 0 Å². The highest BCUT2D eigenvalue weighted by molar-refractivity contribution is 6.28. The minimum Gasteiger partial charge on any atom is -0.342 e. The van der Waals surface area contributed by atoms with Crippen molar-refractivity contribution in [2.75, 3.05) is 19.0 Å². The lowest BCUT2D eigenvalue weighted by molar-refractivity contribution is -0.129. The van der Waals surface area contributed by atoms with Gasteiger partial charge in [0.1, 0.15) is 11.6 Å². The molecule has 2 heterocycles. The fourth-order valence-corrected chi connectivity index (χ4v) is 2.04. The van der Waals surface area contributed by atoms with Gasteiger partial charge in [-0.15, -0.1) is 11.6 Å². The summed E-state index contributed by atoms with van der Waals surface area (Å²) in [6, 6.07) is 0. The van der Waals surface area contributed by atoms with E-state index in [2.05, 4.69) is 10.1 Å². The largest absolute Gasteiger partial charge is 0.342 e. The average Bonchev–Trinajstić information content (AvgIpc) is 2.75. The highest BCUT2D eigenvalue weighted by Gasteiger charge is 2.26. The Balaban J connectivity index is 1.92. The van der Waals surface area contributed by atoms with Gasteiger partial charge in [-0.3, -0.25) is 4.79 Å². The summed E-state index contributed by atoms with van der Waals surface area (Å²) in [7, 11) is 5.38. The lowest BCUT2D eigenvalue weighted by Crippen LogP contribution is -2.38. The highest BCUT2D eigenvalue weighted by Crippen LogP contribution is 2.25. The van der Waals surface area contributed by atoms with Gasteiger partial charge in [0.15, 0.2) is 7.85 Å². The van der Waals surface area contributed by atoms with Crippen LogP contribution in [0.2, 0.25) is 0 Å². The third-order valence-electron chi connectivity index (χ3n) is 2.77. The first-order valence-corrected chi connectivity index (χ1v) is 5.67. The van der Waals surface area contributed by atoms with E-state index in [4.69, 9.17) is 24.0 Å². The van der Waals surface area contributed by atoms with Crippen LogP contribution in [0.15, 0.2) is 4.52 Å². The Morgan fingerprint density at radius 3 is 2.75 bits per heavy atom. The molecule has 0 atom stereocenters. The third kappa shape index (κ3) is 2.37. The Morgan fingerprint density at radius 2 is 2.25 bits per heavy atom. The van der Waals surface area contributed by atoms with Crippen molar-refractivity contribution in [2.45, 2.75) is 18.8 Å². The van der Waals surface area contributed by atoms with Crippen LogP contribution >= 0.6 is 11.6 Å². The maximum Gasteiger partial charge on any atom is 0.237 e. The molecule has 0 spiro atoms. The van der Waals surface area contributed by atoms with Gasteiger partial charge in [-0.1, -0.05) is 5.16 Å². The Labute approximate surface area is 99.5 Å². The number of amides is 1. The number of likely N-dealkylation sites (tertiary alicyclic amines) is 1. The topological polar surface area (TPSA) is 59.2 Å². The molecule has 2 rings (SSSR count). The molecule has 0 unspecified atom stereocenters. The summed E-state index contributed by atoms with van der Waals surface area (Å²) in [4.78, 5) is 17.1. The summed E-state index contributed by atoms with van der Waals surface area (Å²) in [5.74, 6) is 0.780.